The number of fused-ring (bicyclic) bond motifs is 1. The molecule has 0 fully saturated rings. The van der Waals surface area contributed by atoms with Crippen LogP contribution < -0.4 is 11.1 Å². The highest BCUT2D eigenvalue weighted by molar-refractivity contribution is 5.71. The van der Waals surface area contributed by atoms with Gasteiger partial charge in [-0.05, 0) is 32.1 Å². The Kier molecular flexibility index (Phi) is 2.33. The Balaban J connectivity index is 2.27. The fourth-order valence-corrected chi connectivity index (χ4v) is 1.92. The lowest BCUT2D eigenvalue weighted by molar-refractivity contribution is 0.299. The van der Waals surface area contributed by atoms with Gasteiger partial charge in [-0.3, -0.25) is 0 Å². The molecule has 1 atom stereocenters. The smallest absolute Gasteiger partial charge is 0.0607 e. The van der Waals surface area contributed by atoms with E-state index < -0.39 is 0 Å². The number of nitrogens with zero attached hydrogens (tertiary/aromatic N) is 1. The highest BCUT2D eigenvalue weighted by Gasteiger charge is 2.20. The molecule has 1 aliphatic heterocycles. The Labute approximate surface area is 84.9 Å². The van der Waals surface area contributed by atoms with Crippen molar-refractivity contribution in [2.45, 2.75) is 12.5 Å². The highest BCUT2D eigenvalue weighted by atomic mass is 15.1. The van der Waals surface area contributed by atoms with Crippen LogP contribution in [0.2, 0.25) is 0 Å². The minimum absolute atomic E-state index is 0.573. The van der Waals surface area contributed by atoms with Gasteiger partial charge in [0.25, 0.3) is 0 Å². The van der Waals surface area contributed by atoms with Gasteiger partial charge in [-0.25, -0.2) is 0 Å². The van der Waals surface area contributed by atoms with Crippen LogP contribution in [0.3, 0.4) is 0 Å². The summed E-state index contributed by atoms with van der Waals surface area (Å²) in [7, 11) is 4.23. The van der Waals surface area contributed by atoms with Gasteiger partial charge in [0.2, 0.25) is 0 Å². The van der Waals surface area contributed by atoms with Crippen molar-refractivity contribution in [1.29, 1.82) is 0 Å². The lowest BCUT2D eigenvalue weighted by atomic mass is 9.98. The molecule has 2 rings (SSSR count). The van der Waals surface area contributed by atoms with E-state index in [0.717, 1.165) is 24.3 Å². The van der Waals surface area contributed by atoms with Gasteiger partial charge in [0, 0.05) is 12.6 Å². The lowest BCUT2D eigenvalue weighted by Gasteiger charge is -2.31. The van der Waals surface area contributed by atoms with Gasteiger partial charge in [0.05, 0.1) is 11.4 Å². The molecule has 0 bridgehead atoms. The maximum Gasteiger partial charge on any atom is 0.0607 e. The number of likely N-dealkylation sites (N-methyl/N-ethyl adjacent to an activating group) is 1. The second kappa shape index (κ2) is 3.50. The molecule has 76 valence electrons. The molecule has 0 saturated carbocycles. The van der Waals surface area contributed by atoms with Gasteiger partial charge in [0.15, 0.2) is 0 Å². The number of rotatable bonds is 1. The summed E-state index contributed by atoms with van der Waals surface area (Å²) in [6.07, 6.45) is 1.08. The van der Waals surface area contributed by atoms with E-state index in [1.807, 2.05) is 12.1 Å². The zero-order chi connectivity index (χ0) is 10.1. The molecule has 1 aliphatic rings. The van der Waals surface area contributed by atoms with Gasteiger partial charge in [-0.1, -0.05) is 12.1 Å². The number of hydrogen-bond donors (Lipinski definition) is 2. The molecule has 0 saturated heterocycles. The molecule has 3 N–H and O–H groups in total. The van der Waals surface area contributed by atoms with Crippen LogP contribution in [0.4, 0.5) is 11.4 Å². The third-order valence-electron chi connectivity index (χ3n) is 2.88. The zero-order valence-corrected chi connectivity index (χ0v) is 8.75. The molecule has 14 heavy (non-hydrogen) atoms. The van der Waals surface area contributed by atoms with Crippen molar-refractivity contribution in [3.63, 3.8) is 0 Å². The molecule has 1 aromatic carbocycles. The van der Waals surface area contributed by atoms with Crippen LogP contribution in [0.5, 0.6) is 0 Å². The first-order valence-corrected chi connectivity index (χ1v) is 4.96. The van der Waals surface area contributed by atoms with E-state index in [1.54, 1.807) is 0 Å². The molecular formula is C11H17N3. The minimum Gasteiger partial charge on any atom is -0.397 e. The number of nitrogen functional groups attached to an aromatic ring is 1. The highest BCUT2D eigenvalue weighted by Crippen LogP contribution is 2.28. The summed E-state index contributed by atoms with van der Waals surface area (Å²) in [6, 6.07) is 6.69. The molecule has 3 heteroatoms. The normalized spacial score (nSPS) is 20.4. The predicted molar refractivity (Wildman–Crippen MR) is 60.5 cm³/mol. The second-order valence-corrected chi connectivity index (χ2v) is 4.08. The molecule has 0 aromatic heterocycles. The van der Waals surface area contributed by atoms with Crippen LogP contribution in [-0.2, 0) is 6.42 Å². The monoisotopic (exact) mass is 191 g/mol. The third-order valence-corrected chi connectivity index (χ3v) is 2.88. The Morgan fingerprint density at radius 2 is 2.21 bits per heavy atom. The van der Waals surface area contributed by atoms with Crippen LogP contribution in [0, 0.1) is 0 Å². The van der Waals surface area contributed by atoms with Crippen molar-refractivity contribution in [3.8, 4) is 0 Å². The maximum atomic E-state index is 5.89. The van der Waals surface area contributed by atoms with Gasteiger partial charge in [-0.15, -0.1) is 0 Å². The number of nitrogens with two attached hydrogens (primary N) is 1. The molecule has 0 spiro atoms. The Hall–Kier alpha value is -1.22. The molecule has 1 unspecified atom stereocenters. The van der Waals surface area contributed by atoms with Crippen molar-refractivity contribution in [3.05, 3.63) is 23.8 Å². The number of anilines is 2. The van der Waals surface area contributed by atoms with E-state index in [2.05, 4.69) is 30.4 Å². The van der Waals surface area contributed by atoms with E-state index in [4.69, 9.17) is 5.73 Å². The van der Waals surface area contributed by atoms with E-state index in [9.17, 15) is 0 Å². The van der Waals surface area contributed by atoms with Gasteiger partial charge < -0.3 is 16.0 Å². The van der Waals surface area contributed by atoms with E-state index in [-0.39, 0.29) is 0 Å². The standard InChI is InChI=1S/C11H17N3/c1-14(2)9-6-8-4-3-5-10(12)11(8)13-7-9/h3-5,9,13H,6-7,12H2,1-2H3. The van der Waals surface area contributed by atoms with Crippen molar-refractivity contribution in [1.82, 2.24) is 4.90 Å². The van der Waals surface area contributed by atoms with Gasteiger partial charge in [0.1, 0.15) is 0 Å². The summed E-state index contributed by atoms with van der Waals surface area (Å²) in [6.45, 7) is 0.980. The average Bonchev–Trinajstić information content (AvgIpc) is 2.17. The predicted octanol–water partition coefficient (Wildman–Crippen LogP) is 1.17. The topological polar surface area (TPSA) is 41.3 Å². The van der Waals surface area contributed by atoms with Crippen LogP contribution in [-0.4, -0.2) is 31.6 Å². The van der Waals surface area contributed by atoms with Gasteiger partial charge >= 0.3 is 0 Å². The number of nitrogens with one attached hydrogen (secondary N) is 1. The molecule has 1 heterocycles. The molecular weight excluding hydrogens is 174 g/mol. The Bertz CT molecular complexity index is 333. The molecule has 0 amide bonds. The lowest BCUT2D eigenvalue weighted by Crippen LogP contribution is -2.39. The van der Waals surface area contributed by atoms with E-state index >= 15 is 0 Å². The fraction of sp³-hybridized carbons (Fsp3) is 0.455. The molecule has 1 aromatic rings. The van der Waals surface area contributed by atoms with Crippen LogP contribution in [0.1, 0.15) is 5.56 Å². The van der Waals surface area contributed by atoms with Crippen molar-refractivity contribution in [2.75, 3.05) is 31.7 Å². The molecule has 0 aliphatic carbocycles. The quantitative estimate of drug-likeness (QED) is 0.655. The Morgan fingerprint density at radius 3 is 2.93 bits per heavy atom. The summed E-state index contributed by atoms with van der Waals surface area (Å²) in [5, 5.41) is 3.40. The van der Waals surface area contributed by atoms with Crippen LogP contribution >= 0.6 is 0 Å². The summed E-state index contributed by atoms with van der Waals surface area (Å²) >= 11 is 0. The summed E-state index contributed by atoms with van der Waals surface area (Å²) < 4.78 is 0. The number of hydrogen-bond acceptors (Lipinski definition) is 3. The SMILES string of the molecule is CN(C)C1CNc2c(N)cccc2C1. The van der Waals surface area contributed by atoms with Crippen LogP contribution in [0.15, 0.2) is 18.2 Å². The largest absolute Gasteiger partial charge is 0.397 e. The molecule has 3 nitrogen and oxygen atoms in total. The first-order chi connectivity index (χ1) is 6.68. The van der Waals surface area contributed by atoms with E-state index in [1.165, 1.54) is 5.56 Å². The Morgan fingerprint density at radius 1 is 1.43 bits per heavy atom. The first-order valence-electron chi connectivity index (χ1n) is 4.96. The third kappa shape index (κ3) is 1.55. The zero-order valence-electron chi connectivity index (χ0n) is 8.75. The molecule has 0 radical (unpaired) electrons. The second-order valence-electron chi connectivity index (χ2n) is 4.08. The summed E-state index contributed by atoms with van der Waals surface area (Å²) in [5.74, 6) is 0. The summed E-state index contributed by atoms with van der Waals surface area (Å²) in [4.78, 5) is 2.25. The summed E-state index contributed by atoms with van der Waals surface area (Å²) in [5.41, 5.74) is 9.21. The van der Waals surface area contributed by atoms with Gasteiger partial charge in [-0.2, -0.15) is 0 Å². The minimum atomic E-state index is 0.573. The fourth-order valence-electron chi connectivity index (χ4n) is 1.92. The number of para-hydroxylation sites is 1. The van der Waals surface area contributed by atoms with Crippen LogP contribution in [0.25, 0.3) is 0 Å². The number of benzene rings is 1. The first kappa shape index (κ1) is 9.34. The maximum absolute atomic E-state index is 5.89. The van der Waals surface area contributed by atoms with E-state index in [0.29, 0.717) is 6.04 Å². The van der Waals surface area contributed by atoms with Crippen molar-refractivity contribution < 1.29 is 0 Å². The van der Waals surface area contributed by atoms with Crippen molar-refractivity contribution in [2.24, 2.45) is 0 Å². The average molecular weight is 191 g/mol. The van der Waals surface area contributed by atoms with Crippen molar-refractivity contribution >= 4 is 11.4 Å².